The normalized spacial score (nSPS) is 11.5. The van der Waals surface area contributed by atoms with E-state index in [1.807, 2.05) is 0 Å². The summed E-state index contributed by atoms with van der Waals surface area (Å²) in [5.74, 6) is 0. The number of benzene rings is 9. The van der Waals surface area contributed by atoms with E-state index in [-0.39, 0.29) is 0 Å². The van der Waals surface area contributed by atoms with Gasteiger partial charge in [0.2, 0.25) is 0 Å². The maximum Gasteiger partial charge on any atom is 0.0620 e. The van der Waals surface area contributed by atoms with E-state index in [1.54, 1.807) is 0 Å². The van der Waals surface area contributed by atoms with Crippen molar-refractivity contribution in [1.29, 1.82) is 0 Å². The summed E-state index contributed by atoms with van der Waals surface area (Å²) < 4.78 is 2.43. The molecule has 2 heteroatoms. The number of hydrogen-bond donors (Lipinski definition) is 0. The van der Waals surface area contributed by atoms with Crippen LogP contribution in [0.1, 0.15) is 0 Å². The molecule has 9 aromatic carbocycles. The highest BCUT2D eigenvalue weighted by Crippen LogP contribution is 2.44. The van der Waals surface area contributed by atoms with Crippen LogP contribution in [0.5, 0.6) is 0 Å². The molecule has 0 radical (unpaired) electrons. The zero-order valence-electron chi connectivity index (χ0n) is 28.5. The lowest BCUT2D eigenvalue weighted by Gasteiger charge is -2.28. The van der Waals surface area contributed by atoms with Crippen molar-refractivity contribution in [1.82, 2.24) is 4.57 Å². The van der Waals surface area contributed by atoms with E-state index in [0.29, 0.717) is 0 Å². The lowest BCUT2D eigenvalue weighted by atomic mass is 9.99. The molecule has 0 atom stereocenters. The molecule has 0 saturated heterocycles. The highest BCUT2D eigenvalue weighted by atomic mass is 15.1. The maximum atomic E-state index is 2.43. The number of aromatic nitrogens is 1. The van der Waals surface area contributed by atoms with E-state index < -0.39 is 0 Å². The Morgan fingerprint density at radius 3 is 1.83 bits per heavy atom. The molecule has 244 valence electrons. The number of hydrogen-bond acceptors (Lipinski definition) is 1. The van der Waals surface area contributed by atoms with Crippen molar-refractivity contribution in [2.75, 3.05) is 4.90 Å². The molecule has 10 aromatic rings. The smallest absolute Gasteiger partial charge is 0.0620 e. The average molecular weight is 663 g/mol. The number of anilines is 3. The molecule has 1 heterocycles. The first kappa shape index (κ1) is 30.0. The van der Waals surface area contributed by atoms with Gasteiger partial charge >= 0.3 is 0 Å². The molecule has 0 bridgehead atoms. The zero-order chi connectivity index (χ0) is 34.4. The van der Waals surface area contributed by atoms with Gasteiger partial charge in [-0.1, -0.05) is 152 Å². The first-order valence-electron chi connectivity index (χ1n) is 17.9. The third-order valence-electron chi connectivity index (χ3n) is 10.3. The van der Waals surface area contributed by atoms with E-state index in [9.17, 15) is 0 Å². The Morgan fingerprint density at radius 2 is 0.981 bits per heavy atom. The average Bonchev–Trinajstić information content (AvgIpc) is 3.57. The largest absolute Gasteiger partial charge is 0.310 e. The summed E-state index contributed by atoms with van der Waals surface area (Å²) in [6.07, 6.45) is 0. The van der Waals surface area contributed by atoms with Gasteiger partial charge in [0.25, 0.3) is 0 Å². The summed E-state index contributed by atoms with van der Waals surface area (Å²) in [4.78, 5) is 2.42. The van der Waals surface area contributed by atoms with E-state index >= 15 is 0 Å². The fourth-order valence-corrected chi connectivity index (χ4v) is 7.88. The lowest BCUT2D eigenvalue weighted by molar-refractivity contribution is 1.19. The lowest BCUT2D eigenvalue weighted by Crippen LogP contribution is -2.11. The van der Waals surface area contributed by atoms with Crippen LogP contribution in [-0.2, 0) is 0 Å². The van der Waals surface area contributed by atoms with Crippen LogP contribution in [0.15, 0.2) is 206 Å². The van der Waals surface area contributed by atoms with Gasteiger partial charge in [0, 0.05) is 38.8 Å². The van der Waals surface area contributed by atoms with Gasteiger partial charge in [0.15, 0.2) is 0 Å². The Labute approximate surface area is 303 Å². The van der Waals surface area contributed by atoms with Crippen LogP contribution in [0.3, 0.4) is 0 Å². The zero-order valence-corrected chi connectivity index (χ0v) is 28.5. The number of rotatable bonds is 6. The molecular formula is C50H34N2. The number of para-hydroxylation sites is 3. The molecule has 2 nitrogen and oxygen atoms in total. The van der Waals surface area contributed by atoms with Crippen molar-refractivity contribution in [3.63, 3.8) is 0 Å². The van der Waals surface area contributed by atoms with Gasteiger partial charge in [0.1, 0.15) is 0 Å². The minimum Gasteiger partial charge on any atom is -0.310 e. The van der Waals surface area contributed by atoms with Crippen LogP contribution in [0.2, 0.25) is 0 Å². The maximum absolute atomic E-state index is 2.43. The minimum atomic E-state index is 1.10. The Bertz CT molecular complexity index is 2890. The summed E-state index contributed by atoms with van der Waals surface area (Å²) >= 11 is 0. The third-order valence-corrected chi connectivity index (χ3v) is 10.3. The van der Waals surface area contributed by atoms with Crippen LogP contribution < -0.4 is 4.90 Å². The summed E-state index contributed by atoms with van der Waals surface area (Å²) in [5, 5.41) is 7.43. The molecule has 52 heavy (non-hydrogen) atoms. The standard InChI is InChI=1S/C50H34N2/c1-3-14-37(15-4-1)44-19-9-11-21-48(44)51(42-29-25-36(26-30-42)40-24-23-35-13-7-8-16-39(35)33-40)43-31-27-38-28-32-46-45-20-10-12-22-49(45)52(50(46)47(38)34-43)41-17-5-2-6-18-41/h1-34H. The Morgan fingerprint density at radius 1 is 0.346 bits per heavy atom. The predicted molar refractivity (Wildman–Crippen MR) is 221 cm³/mol. The molecule has 0 spiro atoms. The summed E-state index contributed by atoms with van der Waals surface area (Å²) in [6, 6.07) is 74.7. The van der Waals surface area contributed by atoms with Crippen molar-refractivity contribution in [3.05, 3.63) is 206 Å². The van der Waals surface area contributed by atoms with Crippen LogP contribution in [0, 0.1) is 0 Å². The number of fused-ring (bicyclic) bond motifs is 6. The SMILES string of the molecule is c1ccc(-c2ccccc2N(c2ccc(-c3ccc4ccccc4c3)cc2)c2ccc3ccc4c5ccccc5n(-c5ccccc5)c4c3c2)cc1. The van der Waals surface area contributed by atoms with Gasteiger partial charge in [-0.15, -0.1) is 0 Å². The molecule has 10 rings (SSSR count). The molecule has 1 aromatic heterocycles. The van der Waals surface area contributed by atoms with Gasteiger partial charge in [0.05, 0.1) is 16.7 Å². The van der Waals surface area contributed by atoms with Crippen molar-refractivity contribution in [3.8, 4) is 27.9 Å². The summed E-state index contributed by atoms with van der Waals surface area (Å²) in [7, 11) is 0. The predicted octanol–water partition coefficient (Wildman–Crippen LogP) is 13.9. The van der Waals surface area contributed by atoms with Crippen LogP contribution >= 0.6 is 0 Å². The molecule has 0 saturated carbocycles. The third kappa shape index (κ3) is 5.04. The molecule has 0 fully saturated rings. The molecule has 0 aliphatic heterocycles. The van der Waals surface area contributed by atoms with Crippen LogP contribution in [0.25, 0.3) is 71.3 Å². The van der Waals surface area contributed by atoms with E-state index in [4.69, 9.17) is 0 Å². The van der Waals surface area contributed by atoms with Gasteiger partial charge in [-0.25, -0.2) is 0 Å². The van der Waals surface area contributed by atoms with Crippen molar-refractivity contribution < 1.29 is 0 Å². The first-order valence-corrected chi connectivity index (χ1v) is 17.9. The fraction of sp³-hybridized carbons (Fsp3) is 0. The van der Waals surface area contributed by atoms with Crippen molar-refractivity contribution in [2.45, 2.75) is 0 Å². The van der Waals surface area contributed by atoms with Crippen molar-refractivity contribution >= 4 is 60.4 Å². The second kappa shape index (κ2) is 12.5. The van der Waals surface area contributed by atoms with Gasteiger partial charge in [-0.05, 0) is 87.4 Å². The van der Waals surface area contributed by atoms with Gasteiger partial charge in [-0.2, -0.15) is 0 Å². The Kier molecular flexibility index (Phi) is 7.18. The van der Waals surface area contributed by atoms with Gasteiger partial charge in [-0.3, -0.25) is 0 Å². The van der Waals surface area contributed by atoms with E-state index in [2.05, 4.69) is 216 Å². The van der Waals surface area contributed by atoms with Gasteiger partial charge < -0.3 is 9.47 Å². The highest BCUT2D eigenvalue weighted by molar-refractivity contribution is 6.19. The Balaban J connectivity index is 1.20. The molecular weight excluding hydrogens is 629 g/mol. The minimum absolute atomic E-state index is 1.10. The second-order valence-electron chi connectivity index (χ2n) is 13.4. The molecule has 0 unspecified atom stereocenters. The Hall–Kier alpha value is -6.90. The van der Waals surface area contributed by atoms with Crippen LogP contribution in [0.4, 0.5) is 17.1 Å². The summed E-state index contributed by atoms with van der Waals surface area (Å²) in [5.41, 5.74) is 11.7. The summed E-state index contributed by atoms with van der Waals surface area (Å²) in [6.45, 7) is 0. The molecule has 0 amide bonds. The monoisotopic (exact) mass is 662 g/mol. The quantitative estimate of drug-likeness (QED) is 0.172. The highest BCUT2D eigenvalue weighted by Gasteiger charge is 2.20. The first-order chi connectivity index (χ1) is 25.8. The van der Waals surface area contributed by atoms with Crippen molar-refractivity contribution in [2.24, 2.45) is 0 Å². The van der Waals surface area contributed by atoms with E-state index in [0.717, 1.165) is 22.7 Å². The number of nitrogens with zero attached hydrogens (tertiary/aromatic N) is 2. The molecule has 0 aliphatic rings. The van der Waals surface area contributed by atoms with Crippen LogP contribution in [-0.4, -0.2) is 4.57 Å². The molecule has 0 aliphatic carbocycles. The molecule has 0 N–H and O–H groups in total. The topological polar surface area (TPSA) is 8.17 Å². The van der Waals surface area contributed by atoms with E-state index in [1.165, 1.54) is 65.6 Å². The fourth-order valence-electron chi connectivity index (χ4n) is 7.88. The second-order valence-corrected chi connectivity index (χ2v) is 13.4.